The van der Waals surface area contributed by atoms with Gasteiger partial charge in [0, 0.05) is 32.6 Å². The summed E-state index contributed by atoms with van der Waals surface area (Å²) in [7, 11) is 1.65. The van der Waals surface area contributed by atoms with Gasteiger partial charge >= 0.3 is 0 Å². The van der Waals surface area contributed by atoms with Crippen molar-refractivity contribution in [3.63, 3.8) is 0 Å². The van der Waals surface area contributed by atoms with E-state index in [2.05, 4.69) is 10.2 Å². The van der Waals surface area contributed by atoms with Gasteiger partial charge in [-0.3, -0.25) is 9.69 Å². The maximum atomic E-state index is 11.8. The van der Waals surface area contributed by atoms with Crippen LogP contribution in [-0.4, -0.2) is 57.3 Å². The molecule has 1 saturated heterocycles. The fraction of sp³-hybridized carbons (Fsp3) is 0.562. The summed E-state index contributed by atoms with van der Waals surface area (Å²) in [6, 6.07) is 7.84. The van der Waals surface area contributed by atoms with Gasteiger partial charge in [-0.05, 0) is 24.1 Å². The van der Waals surface area contributed by atoms with Crippen LogP contribution >= 0.6 is 0 Å². The summed E-state index contributed by atoms with van der Waals surface area (Å²) < 4.78 is 10.4. The average molecular weight is 292 g/mol. The van der Waals surface area contributed by atoms with Crippen molar-refractivity contribution in [2.75, 3.05) is 46.5 Å². The van der Waals surface area contributed by atoms with Crippen molar-refractivity contribution in [3.05, 3.63) is 29.8 Å². The third-order valence-electron chi connectivity index (χ3n) is 3.65. The van der Waals surface area contributed by atoms with Crippen molar-refractivity contribution in [1.29, 1.82) is 0 Å². The Balaban J connectivity index is 1.60. The second-order valence-corrected chi connectivity index (χ2v) is 5.15. The maximum absolute atomic E-state index is 11.8. The lowest BCUT2D eigenvalue weighted by molar-refractivity contribution is -0.121. The Labute approximate surface area is 126 Å². The highest BCUT2D eigenvalue weighted by Gasteiger charge is 2.10. The van der Waals surface area contributed by atoms with Crippen molar-refractivity contribution >= 4 is 5.91 Å². The second kappa shape index (κ2) is 8.64. The molecule has 0 aliphatic carbocycles. The molecule has 1 aromatic carbocycles. The lowest BCUT2D eigenvalue weighted by Crippen LogP contribution is -2.41. The zero-order valence-corrected chi connectivity index (χ0v) is 12.6. The van der Waals surface area contributed by atoms with Gasteiger partial charge in [0.2, 0.25) is 5.91 Å². The predicted octanol–water partition coefficient (Wildman–Crippen LogP) is 1.08. The van der Waals surface area contributed by atoms with Gasteiger partial charge in [0.15, 0.2) is 0 Å². The highest BCUT2D eigenvalue weighted by Crippen LogP contribution is 2.12. The quantitative estimate of drug-likeness (QED) is 0.817. The molecule has 1 amide bonds. The number of morpholine rings is 1. The number of nitrogens with one attached hydrogen (secondary N) is 1. The van der Waals surface area contributed by atoms with E-state index in [1.807, 2.05) is 24.3 Å². The van der Waals surface area contributed by atoms with Crippen LogP contribution in [0.5, 0.6) is 5.75 Å². The van der Waals surface area contributed by atoms with Gasteiger partial charge in [0.25, 0.3) is 0 Å². The average Bonchev–Trinajstić information content (AvgIpc) is 2.54. The van der Waals surface area contributed by atoms with Crippen LogP contribution < -0.4 is 10.1 Å². The number of carbonyl (C=O) groups is 1. The summed E-state index contributed by atoms with van der Waals surface area (Å²) in [6.45, 7) is 5.12. The smallest absolute Gasteiger partial charge is 0.220 e. The molecule has 21 heavy (non-hydrogen) atoms. The minimum absolute atomic E-state index is 0.110. The Morgan fingerprint density at radius 2 is 2.00 bits per heavy atom. The summed E-state index contributed by atoms with van der Waals surface area (Å²) in [5.74, 6) is 0.952. The van der Waals surface area contributed by atoms with E-state index in [4.69, 9.17) is 9.47 Å². The first-order valence-electron chi connectivity index (χ1n) is 7.47. The summed E-state index contributed by atoms with van der Waals surface area (Å²) in [4.78, 5) is 14.1. The van der Waals surface area contributed by atoms with Gasteiger partial charge in [-0.25, -0.2) is 0 Å². The van der Waals surface area contributed by atoms with Crippen LogP contribution in [-0.2, 0) is 16.0 Å². The van der Waals surface area contributed by atoms with Gasteiger partial charge in [0.1, 0.15) is 5.75 Å². The van der Waals surface area contributed by atoms with Crippen LogP contribution in [0.1, 0.15) is 12.0 Å². The summed E-state index contributed by atoms with van der Waals surface area (Å²) >= 11 is 0. The van der Waals surface area contributed by atoms with E-state index in [0.717, 1.165) is 50.6 Å². The lowest BCUT2D eigenvalue weighted by atomic mass is 10.1. The van der Waals surface area contributed by atoms with Gasteiger partial charge in [0.05, 0.1) is 20.3 Å². The highest BCUT2D eigenvalue weighted by molar-refractivity contribution is 5.76. The Morgan fingerprint density at radius 1 is 1.29 bits per heavy atom. The van der Waals surface area contributed by atoms with Crippen LogP contribution in [0.3, 0.4) is 0 Å². The molecule has 1 fully saturated rings. The standard InChI is InChI=1S/C16H24N2O3/c1-20-15-5-2-14(3-6-15)4-7-16(19)17-8-9-18-10-12-21-13-11-18/h2-3,5-6H,4,7-13H2,1H3,(H,17,19). The van der Waals surface area contributed by atoms with Crippen LogP contribution in [0, 0.1) is 0 Å². The van der Waals surface area contributed by atoms with Crippen molar-refractivity contribution in [3.8, 4) is 5.75 Å². The van der Waals surface area contributed by atoms with Crippen molar-refractivity contribution in [2.45, 2.75) is 12.8 Å². The molecule has 1 aliphatic rings. The number of amides is 1. The fourth-order valence-corrected chi connectivity index (χ4v) is 2.32. The van der Waals surface area contributed by atoms with E-state index in [1.54, 1.807) is 7.11 Å². The third-order valence-corrected chi connectivity index (χ3v) is 3.65. The molecule has 0 unspecified atom stereocenters. The zero-order valence-electron chi connectivity index (χ0n) is 12.6. The fourth-order valence-electron chi connectivity index (χ4n) is 2.32. The minimum Gasteiger partial charge on any atom is -0.497 e. The summed E-state index contributed by atoms with van der Waals surface area (Å²) in [5, 5.41) is 2.98. The molecular formula is C16H24N2O3. The molecule has 1 aromatic rings. The molecule has 1 N–H and O–H groups in total. The molecule has 0 saturated carbocycles. The number of aryl methyl sites for hydroxylation is 1. The second-order valence-electron chi connectivity index (χ2n) is 5.15. The van der Waals surface area contributed by atoms with E-state index in [1.165, 1.54) is 0 Å². The van der Waals surface area contributed by atoms with E-state index in [0.29, 0.717) is 13.0 Å². The first-order valence-corrected chi connectivity index (χ1v) is 7.47. The van der Waals surface area contributed by atoms with Gasteiger partial charge in [-0.1, -0.05) is 12.1 Å². The van der Waals surface area contributed by atoms with E-state index in [-0.39, 0.29) is 5.91 Å². The first-order chi connectivity index (χ1) is 10.3. The van der Waals surface area contributed by atoms with E-state index < -0.39 is 0 Å². The molecule has 2 rings (SSSR count). The number of carbonyl (C=O) groups excluding carboxylic acids is 1. The molecule has 5 nitrogen and oxygen atoms in total. The van der Waals surface area contributed by atoms with Crippen LogP contribution in [0.4, 0.5) is 0 Å². The molecule has 5 heteroatoms. The Hall–Kier alpha value is -1.59. The van der Waals surface area contributed by atoms with Crippen molar-refractivity contribution in [2.24, 2.45) is 0 Å². The minimum atomic E-state index is 0.110. The number of hydrogen-bond acceptors (Lipinski definition) is 4. The molecule has 1 aliphatic heterocycles. The van der Waals surface area contributed by atoms with Gasteiger partial charge in [-0.15, -0.1) is 0 Å². The summed E-state index contributed by atoms with van der Waals surface area (Å²) in [5.41, 5.74) is 1.15. The monoisotopic (exact) mass is 292 g/mol. The van der Waals surface area contributed by atoms with Crippen LogP contribution in [0.25, 0.3) is 0 Å². The number of hydrogen-bond donors (Lipinski definition) is 1. The van der Waals surface area contributed by atoms with Gasteiger partial charge in [-0.2, -0.15) is 0 Å². The first kappa shape index (κ1) is 15.8. The Morgan fingerprint density at radius 3 is 2.67 bits per heavy atom. The molecule has 0 spiro atoms. The number of nitrogens with zero attached hydrogens (tertiary/aromatic N) is 1. The predicted molar refractivity (Wildman–Crippen MR) is 81.6 cm³/mol. The van der Waals surface area contributed by atoms with E-state index >= 15 is 0 Å². The Bertz CT molecular complexity index is 428. The molecule has 116 valence electrons. The zero-order chi connectivity index (χ0) is 14.9. The Kier molecular flexibility index (Phi) is 6.50. The topological polar surface area (TPSA) is 50.8 Å². The van der Waals surface area contributed by atoms with Crippen LogP contribution in [0.2, 0.25) is 0 Å². The van der Waals surface area contributed by atoms with Crippen molar-refractivity contribution in [1.82, 2.24) is 10.2 Å². The lowest BCUT2D eigenvalue weighted by Gasteiger charge is -2.26. The molecule has 0 radical (unpaired) electrons. The van der Waals surface area contributed by atoms with Gasteiger partial charge < -0.3 is 14.8 Å². The third kappa shape index (κ3) is 5.73. The summed E-state index contributed by atoms with van der Waals surface area (Å²) in [6.07, 6.45) is 1.28. The van der Waals surface area contributed by atoms with Crippen molar-refractivity contribution < 1.29 is 14.3 Å². The normalized spacial score (nSPS) is 15.7. The molecular weight excluding hydrogens is 268 g/mol. The molecule has 0 aromatic heterocycles. The van der Waals surface area contributed by atoms with E-state index in [9.17, 15) is 4.79 Å². The largest absolute Gasteiger partial charge is 0.497 e. The number of benzene rings is 1. The number of ether oxygens (including phenoxy) is 2. The number of methoxy groups -OCH3 is 1. The maximum Gasteiger partial charge on any atom is 0.220 e. The molecule has 0 atom stereocenters. The number of rotatable bonds is 7. The SMILES string of the molecule is COc1ccc(CCC(=O)NCCN2CCOCC2)cc1. The highest BCUT2D eigenvalue weighted by atomic mass is 16.5. The molecule has 1 heterocycles. The molecule has 0 bridgehead atoms. The van der Waals surface area contributed by atoms with Crippen LogP contribution in [0.15, 0.2) is 24.3 Å².